The summed E-state index contributed by atoms with van der Waals surface area (Å²) < 4.78 is 0.696. The van der Waals surface area contributed by atoms with E-state index in [1.165, 1.54) is 0 Å². The number of H-pyrrole nitrogens is 1. The molecule has 5 heteroatoms. The Kier molecular flexibility index (Phi) is 2.63. The topological polar surface area (TPSA) is 74.9 Å². The number of nitrogens with two attached hydrogens (primary N) is 1. The van der Waals surface area contributed by atoms with Crippen molar-refractivity contribution in [2.24, 2.45) is 0 Å². The van der Waals surface area contributed by atoms with Gasteiger partial charge in [-0.2, -0.15) is 5.10 Å². The monoisotopic (exact) mass is 281 g/mol. The van der Waals surface area contributed by atoms with E-state index < -0.39 is 0 Å². The minimum atomic E-state index is 0.209. The van der Waals surface area contributed by atoms with Crippen molar-refractivity contribution in [2.45, 2.75) is 13.8 Å². The molecule has 1 heterocycles. The molecule has 0 saturated heterocycles. The summed E-state index contributed by atoms with van der Waals surface area (Å²) in [5.74, 6) is 0.617. The minimum absolute atomic E-state index is 0.209. The van der Waals surface area contributed by atoms with E-state index in [0.29, 0.717) is 16.0 Å². The second-order valence-corrected chi connectivity index (χ2v) is 4.55. The fourth-order valence-corrected chi connectivity index (χ4v) is 2.06. The van der Waals surface area contributed by atoms with Gasteiger partial charge in [-0.25, -0.2) is 0 Å². The van der Waals surface area contributed by atoms with Crippen LogP contribution in [0.2, 0.25) is 0 Å². The number of benzene rings is 1. The van der Waals surface area contributed by atoms with Crippen molar-refractivity contribution < 1.29 is 5.11 Å². The molecule has 84 valence electrons. The van der Waals surface area contributed by atoms with Crippen LogP contribution in [-0.2, 0) is 0 Å². The summed E-state index contributed by atoms with van der Waals surface area (Å²) in [5, 5.41) is 16.7. The van der Waals surface area contributed by atoms with E-state index in [1.807, 2.05) is 19.9 Å². The number of hydrogen-bond acceptors (Lipinski definition) is 3. The summed E-state index contributed by atoms with van der Waals surface area (Å²) in [4.78, 5) is 0. The average Bonchev–Trinajstić information content (AvgIpc) is 2.61. The number of nitrogens with zero attached hydrogens (tertiary/aromatic N) is 1. The van der Waals surface area contributed by atoms with Crippen molar-refractivity contribution in [3.63, 3.8) is 0 Å². The predicted octanol–water partition coefficient (Wildman–Crippen LogP) is 2.74. The van der Waals surface area contributed by atoms with Crippen LogP contribution in [0.25, 0.3) is 11.3 Å². The van der Waals surface area contributed by atoms with Gasteiger partial charge >= 0.3 is 0 Å². The van der Waals surface area contributed by atoms with Gasteiger partial charge in [0.2, 0.25) is 0 Å². The zero-order chi connectivity index (χ0) is 11.9. The number of phenolic OH excluding ortho intramolecular Hbond substituents is 1. The summed E-state index contributed by atoms with van der Waals surface area (Å²) in [6.07, 6.45) is 0. The van der Waals surface area contributed by atoms with Crippen LogP contribution in [-0.4, -0.2) is 15.3 Å². The number of anilines is 1. The molecule has 0 unspecified atom stereocenters. The largest absolute Gasteiger partial charge is 0.506 e. The maximum atomic E-state index is 10.1. The molecule has 16 heavy (non-hydrogen) atoms. The van der Waals surface area contributed by atoms with Crippen molar-refractivity contribution in [3.8, 4) is 17.0 Å². The van der Waals surface area contributed by atoms with Gasteiger partial charge in [-0.1, -0.05) is 6.07 Å². The molecule has 0 amide bonds. The molecule has 4 nitrogen and oxygen atoms in total. The Morgan fingerprint density at radius 2 is 2.00 bits per heavy atom. The van der Waals surface area contributed by atoms with E-state index in [2.05, 4.69) is 26.1 Å². The number of aromatic nitrogens is 2. The summed E-state index contributed by atoms with van der Waals surface area (Å²) in [5.41, 5.74) is 8.95. The van der Waals surface area contributed by atoms with Crippen LogP contribution < -0.4 is 5.73 Å². The summed E-state index contributed by atoms with van der Waals surface area (Å²) in [6.45, 7) is 3.87. The number of nitrogen functional groups attached to an aromatic ring is 1. The average molecular weight is 282 g/mol. The van der Waals surface area contributed by atoms with Gasteiger partial charge in [0.15, 0.2) is 0 Å². The van der Waals surface area contributed by atoms with Gasteiger partial charge < -0.3 is 10.8 Å². The van der Waals surface area contributed by atoms with Gasteiger partial charge in [0.1, 0.15) is 11.6 Å². The van der Waals surface area contributed by atoms with Crippen LogP contribution in [0.1, 0.15) is 11.1 Å². The van der Waals surface area contributed by atoms with Crippen LogP contribution >= 0.6 is 15.9 Å². The van der Waals surface area contributed by atoms with Crippen molar-refractivity contribution in [3.05, 3.63) is 27.7 Å². The van der Waals surface area contributed by atoms with Crippen molar-refractivity contribution in [1.82, 2.24) is 10.2 Å². The van der Waals surface area contributed by atoms with E-state index in [4.69, 9.17) is 5.73 Å². The van der Waals surface area contributed by atoms with Crippen molar-refractivity contribution in [1.29, 1.82) is 0 Å². The van der Waals surface area contributed by atoms with E-state index in [-0.39, 0.29) is 5.75 Å². The lowest BCUT2D eigenvalue weighted by molar-refractivity contribution is 0.473. The second-order valence-electron chi connectivity index (χ2n) is 3.75. The first-order valence-corrected chi connectivity index (χ1v) is 5.60. The maximum Gasteiger partial charge on any atom is 0.145 e. The van der Waals surface area contributed by atoms with E-state index in [1.54, 1.807) is 6.07 Å². The van der Waals surface area contributed by atoms with Gasteiger partial charge in [0.05, 0.1) is 10.2 Å². The van der Waals surface area contributed by atoms with E-state index >= 15 is 0 Å². The van der Waals surface area contributed by atoms with Gasteiger partial charge in [0.25, 0.3) is 0 Å². The minimum Gasteiger partial charge on any atom is -0.506 e. The molecule has 0 spiro atoms. The SMILES string of the molecule is Cc1cc(C)c(-c2cc(N)n[nH]2)c(O)c1Br. The Labute approximate surface area is 102 Å². The Morgan fingerprint density at radius 1 is 1.31 bits per heavy atom. The van der Waals surface area contributed by atoms with Gasteiger partial charge in [-0.05, 0) is 40.9 Å². The summed E-state index contributed by atoms with van der Waals surface area (Å²) in [6, 6.07) is 3.69. The first-order valence-electron chi connectivity index (χ1n) is 4.80. The number of hydrogen-bond donors (Lipinski definition) is 3. The highest BCUT2D eigenvalue weighted by atomic mass is 79.9. The normalized spacial score (nSPS) is 10.7. The molecule has 2 aromatic rings. The number of nitrogens with one attached hydrogen (secondary N) is 1. The third kappa shape index (κ3) is 1.67. The molecule has 0 aliphatic heterocycles. The van der Waals surface area contributed by atoms with Crippen molar-refractivity contribution in [2.75, 3.05) is 5.73 Å². The number of rotatable bonds is 1. The highest BCUT2D eigenvalue weighted by Crippen LogP contribution is 2.39. The van der Waals surface area contributed by atoms with Gasteiger partial charge in [0, 0.05) is 11.6 Å². The second kappa shape index (κ2) is 3.83. The molecule has 0 saturated carbocycles. The van der Waals surface area contributed by atoms with Crippen molar-refractivity contribution >= 4 is 21.7 Å². The first-order chi connectivity index (χ1) is 7.50. The van der Waals surface area contributed by atoms with Crippen LogP contribution in [0.5, 0.6) is 5.75 Å². The zero-order valence-electron chi connectivity index (χ0n) is 9.00. The fourth-order valence-electron chi connectivity index (χ4n) is 1.75. The number of aromatic hydroxyl groups is 1. The fraction of sp³-hybridized carbons (Fsp3) is 0.182. The molecule has 0 radical (unpaired) electrons. The predicted molar refractivity (Wildman–Crippen MR) is 67.3 cm³/mol. The van der Waals surface area contributed by atoms with E-state index in [0.717, 1.165) is 16.7 Å². The zero-order valence-corrected chi connectivity index (χ0v) is 10.6. The van der Waals surface area contributed by atoms with E-state index in [9.17, 15) is 5.11 Å². The van der Waals surface area contributed by atoms with Crippen LogP contribution in [0.15, 0.2) is 16.6 Å². The molecular weight excluding hydrogens is 270 g/mol. The summed E-state index contributed by atoms with van der Waals surface area (Å²) >= 11 is 3.35. The lowest BCUT2D eigenvalue weighted by Gasteiger charge is -2.10. The molecule has 1 aromatic heterocycles. The molecule has 4 N–H and O–H groups in total. The third-order valence-electron chi connectivity index (χ3n) is 2.49. The lowest BCUT2D eigenvalue weighted by Crippen LogP contribution is -1.89. The van der Waals surface area contributed by atoms with Gasteiger partial charge in [-0.3, -0.25) is 5.10 Å². The highest BCUT2D eigenvalue weighted by molar-refractivity contribution is 9.10. The molecule has 0 aliphatic rings. The molecule has 0 atom stereocenters. The Balaban J connectivity index is 2.70. The molecule has 0 aliphatic carbocycles. The lowest BCUT2D eigenvalue weighted by atomic mass is 10.0. The Bertz CT molecular complexity index is 548. The quantitative estimate of drug-likeness (QED) is 0.752. The van der Waals surface area contributed by atoms with Crippen LogP contribution in [0, 0.1) is 13.8 Å². The number of aryl methyl sites for hydroxylation is 2. The highest BCUT2D eigenvalue weighted by Gasteiger charge is 2.15. The number of phenols is 1. The summed E-state index contributed by atoms with van der Waals surface area (Å²) in [7, 11) is 0. The number of aromatic amines is 1. The maximum absolute atomic E-state index is 10.1. The molecule has 0 bridgehead atoms. The van der Waals surface area contributed by atoms with Crippen LogP contribution in [0.4, 0.5) is 5.82 Å². The molecule has 1 aromatic carbocycles. The molecular formula is C11H12BrN3O. The van der Waals surface area contributed by atoms with Gasteiger partial charge in [-0.15, -0.1) is 0 Å². The van der Waals surface area contributed by atoms with Crippen LogP contribution in [0.3, 0.4) is 0 Å². The molecule has 2 rings (SSSR count). The Morgan fingerprint density at radius 3 is 2.56 bits per heavy atom. The number of halogens is 1. The first kappa shape index (κ1) is 11.0. The Hall–Kier alpha value is -1.49. The third-order valence-corrected chi connectivity index (χ3v) is 3.49. The molecule has 0 fully saturated rings. The smallest absolute Gasteiger partial charge is 0.145 e. The standard InChI is InChI=1S/C11H12BrN3O/c1-5-3-6(2)10(12)11(16)9(5)7-4-8(13)15-14-7/h3-4,16H,1-2H3,(H3,13,14,15).